The molecule has 0 aliphatic heterocycles. The zero-order valence-corrected chi connectivity index (χ0v) is 17.9. The molecule has 0 unspecified atom stereocenters. The Balaban J connectivity index is 2.42. The van der Waals surface area contributed by atoms with Crippen molar-refractivity contribution in [3.05, 3.63) is 29.1 Å². The molecule has 2 aromatic rings. The van der Waals surface area contributed by atoms with Gasteiger partial charge < -0.3 is 9.64 Å². The van der Waals surface area contributed by atoms with Crippen LogP contribution in [0.25, 0.3) is 0 Å². The van der Waals surface area contributed by atoms with Gasteiger partial charge in [0.2, 0.25) is 0 Å². The van der Waals surface area contributed by atoms with Crippen molar-refractivity contribution >= 4 is 23.6 Å². The molecule has 0 amide bonds. The lowest BCUT2D eigenvalue weighted by Crippen LogP contribution is -2.24. The standard InChI is InChI=1S/C19H25F3N4OS/c1-11(2)26(7)10-23-14-9-13(19(20,21)22)15(8-12(14)3)27-17-24-16(25-28-17)18(4,5)6/h8-11H,1-7H3. The predicted molar refractivity (Wildman–Crippen MR) is 106 cm³/mol. The van der Waals surface area contributed by atoms with E-state index in [0.29, 0.717) is 11.4 Å². The lowest BCUT2D eigenvalue weighted by molar-refractivity contribution is -0.138. The summed E-state index contributed by atoms with van der Waals surface area (Å²) in [5, 5.41) is 0.0746. The van der Waals surface area contributed by atoms with Crippen LogP contribution >= 0.6 is 11.5 Å². The molecule has 0 N–H and O–H groups in total. The van der Waals surface area contributed by atoms with E-state index in [1.54, 1.807) is 6.92 Å². The van der Waals surface area contributed by atoms with Crippen LogP contribution in [0.3, 0.4) is 0 Å². The van der Waals surface area contributed by atoms with Crippen LogP contribution in [0.4, 0.5) is 18.9 Å². The topological polar surface area (TPSA) is 50.6 Å². The number of aliphatic imine (C=N–C) groups is 1. The number of rotatable bonds is 5. The number of benzene rings is 1. The summed E-state index contributed by atoms with van der Waals surface area (Å²) in [6, 6.07) is 2.52. The van der Waals surface area contributed by atoms with Crippen LogP contribution in [0, 0.1) is 6.92 Å². The fourth-order valence-electron chi connectivity index (χ4n) is 2.05. The van der Waals surface area contributed by atoms with E-state index < -0.39 is 11.7 Å². The van der Waals surface area contributed by atoms with Gasteiger partial charge in [0.25, 0.3) is 5.19 Å². The van der Waals surface area contributed by atoms with Gasteiger partial charge in [0.1, 0.15) is 11.3 Å². The van der Waals surface area contributed by atoms with E-state index in [9.17, 15) is 13.2 Å². The number of hydrogen-bond acceptors (Lipinski definition) is 5. The zero-order valence-electron chi connectivity index (χ0n) is 17.0. The maximum Gasteiger partial charge on any atom is 0.420 e. The summed E-state index contributed by atoms with van der Waals surface area (Å²) in [4.78, 5) is 10.2. The average Bonchev–Trinajstić information content (AvgIpc) is 3.01. The summed E-state index contributed by atoms with van der Waals surface area (Å²) >= 11 is 0.931. The molecule has 1 aromatic heterocycles. The molecule has 0 spiro atoms. The Morgan fingerprint density at radius 3 is 2.36 bits per heavy atom. The van der Waals surface area contributed by atoms with Crippen LogP contribution in [-0.4, -0.2) is 33.7 Å². The van der Waals surface area contributed by atoms with E-state index in [1.165, 1.54) is 12.4 Å². The van der Waals surface area contributed by atoms with Crippen molar-refractivity contribution in [2.45, 2.75) is 59.2 Å². The van der Waals surface area contributed by atoms with Crippen LogP contribution < -0.4 is 4.74 Å². The molecule has 0 saturated heterocycles. The number of alkyl halides is 3. The molecule has 1 aromatic carbocycles. The molecule has 0 aliphatic rings. The maximum absolute atomic E-state index is 13.6. The quantitative estimate of drug-likeness (QED) is 0.448. The first-order valence-electron chi connectivity index (χ1n) is 8.79. The van der Waals surface area contributed by atoms with Gasteiger partial charge in [-0.1, -0.05) is 20.8 Å². The van der Waals surface area contributed by atoms with Gasteiger partial charge in [-0.25, -0.2) is 4.99 Å². The molecule has 0 radical (unpaired) electrons. The minimum Gasteiger partial charge on any atom is -0.429 e. The van der Waals surface area contributed by atoms with Crippen molar-refractivity contribution in [2.24, 2.45) is 4.99 Å². The number of ether oxygens (including phenoxy) is 1. The third-order valence-corrected chi connectivity index (χ3v) is 4.67. The molecule has 0 bridgehead atoms. The van der Waals surface area contributed by atoms with E-state index in [-0.39, 0.29) is 28.1 Å². The van der Waals surface area contributed by atoms with Gasteiger partial charge >= 0.3 is 6.18 Å². The Morgan fingerprint density at radius 2 is 1.86 bits per heavy atom. The highest BCUT2D eigenvalue weighted by Gasteiger charge is 2.36. The summed E-state index contributed by atoms with van der Waals surface area (Å²) in [6.45, 7) is 11.4. The molecule has 0 fully saturated rings. The van der Waals surface area contributed by atoms with E-state index in [2.05, 4.69) is 14.3 Å². The second-order valence-electron chi connectivity index (χ2n) is 7.87. The summed E-state index contributed by atoms with van der Waals surface area (Å²) < 4.78 is 50.5. The smallest absolute Gasteiger partial charge is 0.420 e. The van der Waals surface area contributed by atoms with Crippen molar-refractivity contribution in [1.82, 2.24) is 14.3 Å². The summed E-state index contributed by atoms with van der Waals surface area (Å²) in [5.41, 5.74) is -0.413. The van der Waals surface area contributed by atoms with Crippen LogP contribution in [0.2, 0.25) is 0 Å². The molecular weight excluding hydrogens is 389 g/mol. The average molecular weight is 414 g/mol. The van der Waals surface area contributed by atoms with Crippen LogP contribution in [0.1, 0.15) is 51.6 Å². The van der Waals surface area contributed by atoms with Gasteiger partial charge in [-0.15, -0.1) is 0 Å². The predicted octanol–water partition coefficient (Wildman–Crippen LogP) is 5.96. The van der Waals surface area contributed by atoms with Crippen molar-refractivity contribution in [1.29, 1.82) is 0 Å². The Bertz CT molecular complexity index is 854. The van der Waals surface area contributed by atoms with E-state index >= 15 is 0 Å². The van der Waals surface area contributed by atoms with Gasteiger partial charge in [-0.2, -0.15) is 22.5 Å². The Hall–Kier alpha value is -2.16. The number of hydrogen-bond donors (Lipinski definition) is 0. The molecule has 2 rings (SSSR count). The largest absolute Gasteiger partial charge is 0.429 e. The van der Waals surface area contributed by atoms with Crippen LogP contribution in [-0.2, 0) is 11.6 Å². The highest BCUT2D eigenvalue weighted by molar-refractivity contribution is 7.07. The number of halogens is 3. The first kappa shape index (κ1) is 22.1. The van der Waals surface area contributed by atoms with Crippen molar-refractivity contribution in [3.8, 4) is 10.9 Å². The molecule has 0 saturated carbocycles. The fraction of sp³-hybridized carbons (Fsp3) is 0.526. The van der Waals surface area contributed by atoms with Crippen molar-refractivity contribution in [3.63, 3.8) is 0 Å². The fourth-order valence-corrected chi connectivity index (χ4v) is 2.78. The Labute approximate surface area is 167 Å². The summed E-state index contributed by atoms with van der Waals surface area (Å²) in [7, 11) is 1.81. The van der Waals surface area contributed by atoms with Crippen molar-refractivity contribution in [2.75, 3.05) is 7.05 Å². The maximum atomic E-state index is 13.6. The lowest BCUT2D eigenvalue weighted by atomic mass is 9.96. The molecular formula is C19H25F3N4OS. The minimum atomic E-state index is -4.59. The molecule has 5 nitrogen and oxygen atoms in total. The molecule has 0 aliphatic carbocycles. The van der Waals surface area contributed by atoms with Crippen LogP contribution in [0.15, 0.2) is 17.1 Å². The van der Waals surface area contributed by atoms with Gasteiger partial charge in [-0.05, 0) is 38.5 Å². The highest BCUT2D eigenvalue weighted by Crippen LogP contribution is 2.42. The molecule has 9 heteroatoms. The second kappa shape index (κ2) is 8.06. The Kier molecular flexibility index (Phi) is 6.37. The normalized spacial score (nSPS) is 12.8. The van der Waals surface area contributed by atoms with E-state index in [0.717, 1.165) is 17.6 Å². The van der Waals surface area contributed by atoms with Gasteiger partial charge in [-0.3, -0.25) is 0 Å². The number of nitrogens with zero attached hydrogens (tertiary/aromatic N) is 4. The third kappa shape index (κ3) is 5.43. The molecule has 28 heavy (non-hydrogen) atoms. The second-order valence-corrected chi connectivity index (χ2v) is 8.59. The Morgan fingerprint density at radius 1 is 1.21 bits per heavy atom. The SMILES string of the molecule is Cc1cc(Oc2nc(C(C)(C)C)ns2)c(C(F)(F)F)cc1N=CN(C)C(C)C. The number of aromatic nitrogens is 2. The monoisotopic (exact) mass is 414 g/mol. The highest BCUT2D eigenvalue weighted by atomic mass is 32.1. The van der Waals surface area contributed by atoms with Crippen LogP contribution in [0.5, 0.6) is 10.9 Å². The van der Waals surface area contributed by atoms with Gasteiger partial charge in [0.15, 0.2) is 5.82 Å². The van der Waals surface area contributed by atoms with Gasteiger partial charge in [0, 0.05) is 30.0 Å². The molecule has 0 atom stereocenters. The van der Waals surface area contributed by atoms with E-state index in [1.807, 2.05) is 46.6 Å². The third-order valence-electron chi connectivity index (χ3n) is 4.07. The molecule has 154 valence electrons. The minimum absolute atomic E-state index is 0.0746. The first-order chi connectivity index (χ1) is 12.8. The summed E-state index contributed by atoms with van der Waals surface area (Å²) in [6.07, 6.45) is -3.07. The zero-order chi connectivity index (χ0) is 21.3. The van der Waals surface area contributed by atoms with E-state index in [4.69, 9.17) is 4.74 Å². The summed E-state index contributed by atoms with van der Waals surface area (Å²) in [5.74, 6) is 0.216. The number of aryl methyl sites for hydroxylation is 1. The lowest BCUT2D eigenvalue weighted by Gasteiger charge is -2.18. The van der Waals surface area contributed by atoms with Gasteiger partial charge in [0.05, 0.1) is 12.0 Å². The van der Waals surface area contributed by atoms with Crippen molar-refractivity contribution < 1.29 is 17.9 Å². The molecule has 1 heterocycles. The first-order valence-corrected chi connectivity index (χ1v) is 9.56.